The van der Waals surface area contributed by atoms with Crippen molar-refractivity contribution in [2.45, 2.75) is 77.6 Å². The zero-order valence-corrected chi connectivity index (χ0v) is 13.4. The molecule has 0 radical (unpaired) electrons. The van der Waals surface area contributed by atoms with Crippen molar-refractivity contribution in [3.05, 3.63) is 29.3 Å². The monoisotopic (exact) mass is 290 g/mol. The van der Waals surface area contributed by atoms with Gasteiger partial charge in [-0.15, -0.1) is 0 Å². The number of phenolic OH excluding ortho intramolecular Hbond substituents is 1. The SMILES string of the molecule is CCCCCCCCCCCCc1cc(C=O)ccc1O. The van der Waals surface area contributed by atoms with E-state index < -0.39 is 0 Å². The molecule has 0 saturated carbocycles. The second kappa shape index (κ2) is 11.4. The molecule has 0 atom stereocenters. The van der Waals surface area contributed by atoms with Gasteiger partial charge >= 0.3 is 0 Å². The molecule has 0 aliphatic heterocycles. The molecule has 0 aliphatic carbocycles. The largest absolute Gasteiger partial charge is 0.508 e. The molecule has 2 heteroatoms. The zero-order chi connectivity index (χ0) is 15.3. The van der Waals surface area contributed by atoms with E-state index in [1.54, 1.807) is 18.2 Å². The van der Waals surface area contributed by atoms with Crippen LogP contribution in [0, 0.1) is 0 Å². The maximum atomic E-state index is 10.7. The third kappa shape index (κ3) is 7.89. The summed E-state index contributed by atoms with van der Waals surface area (Å²) in [5, 5.41) is 9.76. The first kappa shape index (κ1) is 17.7. The average Bonchev–Trinajstić information content (AvgIpc) is 2.51. The van der Waals surface area contributed by atoms with E-state index in [1.165, 1.54) is 57.8 Å². The lowest BCUT2D eigenvalue weighted by Gasteiger charge is -2.06. The fourth-order valence-electron chi connectivity index (χ4n) is 2.68. The second-order valence-electron chi connectivity index (χ2n) is 5.94. The van der Waals surface area contributed by atoms with Crippen LogP contribution in [0.2, 0.25) is 0 Å². The van der Waals surface area contributed by atoms with Crippen LogP contribution in [-0.2, 0) is 6.42 Å². The van der Waals surface area contributed by atoms with Crippen molar-refractivity contribution >= 4 is 6.29 Å². The number of hydrogen-bond acceptors (Lipinski definition) is 2. The van der Waals surface area contributed by atoms with Gasteiger partial charge in [0.2, 0.25) is 0 Å². The van der Waals surface area contributed by atoms with E-state index in [0.717, 1.165) is 24.7 Å². The molecule has 0 bridgehead atoms. The van der Waals surface area contributed by atoms with E-state index in [9.17, 15) is 9.90 Å². The molecule has 21 heavy (non-hydrogen) atoms. The van der Waals surface area contributed by atoms with Crippen LogP contribution >= 0.6 is 0 Å². The Morgan fingerprint density at radius 2 is 1.48 bits per heavy atom. The molecule has 0 saturated heterocycles. The summed E-state index contributed by atoms with van der Waals surface area (Å²) in [6.45, 7) is 2.25. The van der Waals surface area contributed by atoms with Gasteiger partial charge in [-0.2, -0.15) is 0 Å². The highest BCUT2D eigenvalue weighted by Gasteiger charge is 2.02. The number of hydrogen-bond donors (Lipinski definition) is 1. The molecule has 0 amide bonds. The van der Waals surface area contributed by atoms with Crippen LogP contribution in [-0.4, -0.2) is 11.4 Å². The molecule has 1 aromatic rings. The Kier molecular flexibility index (Phi) is 9.60. The summed E-state index contributed by atoms with van der Waals surface area (Å²) in [5.74, 6) is 0.316. The molecular weight excluding hydrogens is 260 g/mol. The van der Waals surface area contributed by atoms with Gasteiger partial charge < -0.3 is 5.11 Å². The lowest BCUT2D eigenvalue weighted by atomic mass is 10.0. The smallest absolute Gasteiger partial charge is 0.150 e. The highest BCUT2D eigenvalue weighted by molar-refractivity contribution is 5.75. The molecule has 1 N–H and O–H groups in total. The van der Waals surface area contributed by atoms with E-state index >= 15 is 0 Å². The van der Waals surface area contributed by atoms with Gasteiger partial charge in [0.1, 0.15) is 12.0 Å². The van der Waals surface area contributed by atoms with Crippen LogP contribution in [0.3, 0.4) is 0 Å². The van der Waals surface area contributed by atoms with Gasteiger partial charge in [0.25, 0.3) is 0 Å². The number of carbonyl (C=O) groups excluding carboxylic acids is 1. The van der Waals surface area contributed by atoms with Gasteiger partial charge in [-0.25, -0.2) is 0 Å². The van der Waals surface area contributed by atoms with Crippen molar-refractivity contribution in [3.63, 3.8) is 0 Å². The molecule has 0 spiro atoms. The fraction of sp³-hybridized carbons (Fsp3) is 0.632. The van der Waals surface area contributed by atoms with Crippen molar-refractivity contribution in [1.82, 2.24) is 0 Å². The highest BCUT2D eigenvalue weighted by Crippen LogP contribution is 2.20. The number of phenols is 1. The van der Waals surface area contributed by atoms with Crippen LogP contribution in [0.25, 0.3) is 0 Å². The first-order chi connectivity index (χ1) is 10.3. The molecular formula is C19H30O2. The Morgan fingerprint density at radius 1 is 0.905 bits per heavy atom. The summed E-state index contributed by atoms with van der Waals surface area (Å²) >= 11 is 0. The van der Waals surface area contributed by atoms with E-state index in [-0.39, 0.29) is 0 Å². The van der Waals surface area contributed by atoms with Gasteiger partial charge in [-0.05, 0) is 36.6 Å². The van der Waals surface area contributed by atoms with E-state index in [4.69, 9.17) is 0 Å². The van der Waals surface area contributed by atoms with Crippen molar-refractivity contribution in [2.24, 2.45) is 0 Å². The molecule has 1 rings (SSSR count). The molecule has 0 aromatic heterocycles. The summed E-state index contributed by atoms with van der Waals surface area (Å²) in [7, 11) is 0. The Labute approximate surface area is 129 Å². The van der Waals surface area contributed by atoms with Crippen molar-refractivity contribution < 1.29 is 9.90 Å². The summed E-state index contributed by atoms with van der Waals surface area (Å²) in [6.07, 6.45) is 14.8. The van der Waals surface area contributed by atoms with Gasteiger partial charge in [0.15, 0.2) is 0 Å². The van der Waals surface area contributed by atoms with Crippen molar-refractivity contribution in [3.8, 4) is 5.75 Å². The van der Waals surface area contributed by atoms with Crippen molar-refractivity contribution in [1.29, 1.82) is 0 Å². The number of carbonyl (C=O) groups is 1. The standard InChI is InChI=1S/C19H30O2/c1-2-3-4-5-6-7-8-9-10-11-12-18-15-17(16-20)13-14-19(18)21/h13-16,21H,2-12H2,1H3. The number of benzene rings is 1. The molecule has 0 heterocycles. The number of aldehydes is 1. The number of aromatic hydroxyl groups is 1. The maximum Gasteiger partial charge on any atom is 0.150 e. The van der Waals surface area contributed by atoms with Crippen molar-refractivity contribution in [2.75, 3.05) is 0 Å². The van der Waals surface area contributed by atoms with Gasteiger partial charge in [-0.3, -0.25) is 4.79 Å². The van der Waals surface area contributed by atoms with Crippen LogP contribution in [0.1, 0.15) is 87.1 Å². The zero-order valence-electron chi connectivity index (χ0n) is 13.4. The van der Waals surface area contributed by atoms with E-state index in [1.807, 2.05) is 0 Å². The predicted molar refractivity (Wildman–Crippen MR) is 89.0 cm³/mol. The van der Waals surface area contributed by atoms with Gasteiger partial charge in [0, 0.05) is 5.56 Å². The molecule has 1 aromatic carbocycles. The summed E-state index contributed by atoms with van der Waals surface area (Å²) < 4.78 is 0. The predicted octanol–water partition coefficient (Wildman–Crippen LogP) is 5.67. The summed E-state index contributed by atoms with van der Waals surface area (Å²) in [4.78, 5) is 10.7. The minimum atomic E-state index is 0.316. The molecule has 2 nitrogen and oxygen atoms in total. The molecule has 0 aliphatic rings. The number of aryl methyl sites for hydroxylation is 1. The van der Waals surface area contributed by atoms with Gasteiger partial charge in [0.05, 0.1) is 0 Å². The molecule has 118 valence electrons. The average molecular weight is 290 g/mol. The number of unbranched alkanes of at least 4 members (excludes halogenated alkanes) is 9. The quantitative estimate of drug-likeness (QED) is 0.398. The topological polar surface area (TPSA) is 37.3 Å². The fourth-order valence-corrected chi connectivity index (χ4v) is 2.68. The Balaban J connectivity index is 2.05. The highest BCUT2D eigenvalue weighted by atomic mass is 16.3. The van der Waals surface area contributed by atoms with Crippen LogP contribution < -0.4 is 0 Å². The minimum absolute atomic E-state index is 0.316. The number of rotatable bonds is 12. The van der Waals surface area contributed by atoms with Crippen LogP contribution in [0.5, 0.6) is 5.75 Å². The lowest BCUT2D eigenvalue weighted by Crippen LogP contribution is -1.90. The van der Waals surface area contributed by atoms with Crippen LogP contribution in [0.15, 0.2) is 18.2 Å². The Bertz CT molecular complexity index is 399. The van der Waals surface area contributed by atoms with E-state index in [0.29, 0.717) is 11.3 Å². The molecule has 0 unspecified atom stereocenters. The van der Waals surface area contributed by atoms with E-state index in [2.05, 4.69) is 6.92 Å². The van der Waals surface area contributed by atoms with Gasteiger partial charge in [-0.1, -0.05) is 64.7 Å². The summed E-state index contributed by atoms with van der Waals surface area (Å²) in [6, 6.07) is 5.08. The third-order valence-electron chi connectivity index (χ3n) is 4.04. The third-order valence-corrected chi connectivity index (χ3v) is 4.04. The minimum Gasteiger partial charge on any atom is -0.508 e. The Morgan fingerprint density at radius 3 is 2.05 bits per heavy atom. The normalized spacial score (nSPS) is 10.7. The van der Waals surface area contributed by atoms with Crippen LogP contribution in [0.4, 0.5) is 0 Å². The lowest BCUT2D eigenvalue weighted by molar-refractivity contribution is 0.112. The first-order valence-electron chi connectivity index (χ1n) is 8.55. The second-order valence-corrected chi connectivity index (χ2v) is 5.94. The first-order valence-corrected chi connectivity index (χ1v) is 8.55. The molecule has 0 fully saturated rings. The Hall–Kier alpha value is -1.31. The maximum absolute atomic E-state index is 10.7. The summed E-state index contributed by atoms with van der Waals surface area (Å²) in [5.41, 5.74) is 1.55.